The van der Waals surface area contributed by atoms with Crippen LogP contribution in [-0.2, 0) is 13.0 Å². The van der Waals surface area contributed by atoms with E-state index in [9.17, 15) is 9.59 Å². The van der Waals surface area contributed by atoms with Gasteiger partial charge in [0.1, 0.15) is 0 Å². The van der Waals surface area contributed by atoms with E-state index < -0.39 is 0 Å². The van der Waals surface area contributed by atoms with Gasteiger partial charge in [-0.3, -0.25) is 14.3 Å². The van der Waals surface area contributed by atoms with Crippen molar-refractivity contribution in [2.24, 2.45) is 5.41 Å². The summed E-state index contributed by atoms with van der Waals surface area (Å²) >= 11 is 0. The van der Waals surface area contributed by atoms with Gasteiger partial charge in [0.25, 0.3) is 5.91 Å². The van der Waals surface area contributed by atoms with Crippen LogP contribution in [0.1, 0.15) is 76.8 Å². The van der Waals surface area contributed by atoms with Crippen molar-refractivity contribution >= 4 is 11.7 Å². The second-order valence-electron chi connectivity index (χ2n) is 9.81. The average molecular weight is 428 g/mol. The number of carbonyl (C=O) groups is 2. The minimum Gasteiger partial charge on any atom is -0.330 e. The Morgan fingerprint density at radius 2 is 1.72 bits per heavy atom. The number of Topliss-reactive ketones (excluding diaryl/α,β-unsaturated/α-hetero) is 1. The molecule has 0 unspecified atom stereocenters. The van der Waals surface area contributed by atoms with Crippen LogP contribution in [0.3, 0.4) is 0 Å². The first-order chi connectivity index (χ1) is 15.4. The van der Waals surface area contributed by atoms with Crippen LogP contribution in [0, 0.1) is 5.41 Å². The number of aromatic nitrogens is 2. The molecular formula is C27H29N3O2. The molecule has 0 spiro atoms. The van der Waals surface area contributed by atoms with Gasteiger partial charge in [-0.05, 0) is 42.4 Å². The predicted octanol–water partition coefficient (Wildman–Crippen LogP) is 5.06. The molecule has 5 nitrogen and oxygen atoms in total. The minimum atomic E-state index is -0.154. The van der Waals surface area contributed by atoms with E-state index in [0.29, 0.717) is 25.1 Å². The minimum absolute atomic E-state index is 0.0167. The van der Waals surface area contributed by atoms with Gasteiger partial charge < -0.3 is 4.90 Å². The summed E-state index contributed by atoms with van der Waals surface area (Å²) in [6.45, 7) is 5.62. The van der Waals surface area contributed by atoms with Crippen LogP contribution in [0.4, 0.5) is 0 Å². The summed E-state index contributed by atoms with van der Waals surface area (Å²) in [5.74, 6) is 0.174. The molecule has 0 bridgehead atoms. The number of carbonyl (C=O) groups excluding carboxylic acids is 2. The van der Waals surface area contributed by atoms with E-state index in [1.54, 1.807) is 0 Å². The summed E-state index contributed by atoms with van der Waals surface area (Å²) in [5, 5.41) is 5.01. The molecule has 2 aromatic carbocycles. The van der Waals surface area contributed by atoms with Crippen molar-refractivity contribution in [2.75, 3.05) is 6.54 Å². The molecule has 32 heavy (non-hydrogen) atoms. The van der Waals surface area contributed by atoms with Gasteiger partial charge in [0.2, 0.25) is 0 Å². The molecule has 0 radical (unpaired) electrons. The Bertz CT molecular complexity index is 1150. The molecule has 1 aliphatic heterocycles. The maximum atomic E-state index is 13.3. The highest BCUT2D eigenvalue weighted by Gasteiger charge is 2.41. The van der Waals surface area contributed by atoms with Gasteiger partial charge in [0, 0.05) is 18.5 Å². The fourth-order valence-corrected chi connectivity index (χ4v) is 5.20. The SMILES string of the molecule is CC1(C)CC(=O)c2c([C@H]3CCCN3C(=O)c3ccccc3)nn(Cc3ccccc3)c2C1. The molecule has 1 fully saturated rings. The van der Waals surface area contributed by atoms with E-state index in [-0.39, 0.29) is 23.1 Å². The molecule has 1 atom stereocenters. The monoisotopic (exact) mass is 427 g/mol. The highest BCUT2D eigenvalue weighted by molar-refractivity contribution is 6.00. The summed E-state index contributed by atoms with van der Waals surface area (Å²) in [5.41, 5.74) is 4.32. The number of fused-ring (bicyclic) bond motifs is 1. The molecule has 2 heterocycles. The maximum absolute atomic E-state index is 13.3. The van der Waals surface area contributed by atoms with Gasteiger partial charge in [-0.25, -0.2) is 0 Å². The van der Waals surface area contributed by atoms with Crippen LogP contribution >= 0.6 is 0 Å². The number of amides is 1. The summed E-state index contributed by atoms with van der Waals surface area (Å²) in [4.78, 5) is 28.5. The first kappa shape index (κ1) is 20.7. The van der Waals surface area contributed by atoms with Crippen LogP contribution in [0.2, 0.25) is 0 Å². The zero-order valence-corrected chi connectivity index (χ0v) is 18.8. The Kier molecular flexibility index (Phi) is 5.20. The van der Waals surface area contributed by atoms with Gasteiger partial charge in [0.15, 0.2) is 5.78 Å². The van der Waals surface area contributed by atoms with E-state index in [1.165, 1.54) is 0 Å². The molecule has 3 aromatic rings. The summed E-state index contributed by atoms with van der Waals surface area (Å²) in [6.07, 6.45) is 3.09. The van der Waals surface area contributed by atoms with Crippen LogP contribution in [0.15, 0.2) is 60.7 Å². The molecule has 164 valence electrons. The molecule has 1 saturated heterocycles. The van der Waals surface area contributed by atoms with Crippen LogP contribution < -0.4 is 0 Å². The lowest BCUT2D eigenvalue weighted by atomic mass is 9.75. The van der Waals surface area contributed by atoms with E-state index >= 15 is 0 Å². The molecule has 2 aliphatic rings. The first-order valence-electron chi connectivity index (χ1n) is 11.5. The zero-order valence-electron chi connectivity index (χ0n) is 18.8. The predicted molar refractivity (Wildman–Crippen MR) is 124 cm³/mol. The molecule has 5 rings (SSSR count). The van der Waals surface area contributed by atoms with Gasteiger partial charge in [-0.15, -0.1) is 0 Å². The fourth-order valence-electron chi connectivity index (χ4n) is 5.20. The van der Waals surface area contributed by atoms with E-state index in [4.69, 9.17) is 5.10 Å². The van der Waals surface area contributed by atoms with Crippen LogP contribution in [0.5, 0.6) is 0 Å². The second-order valence-corrected chi connectivity index (χ2v) is 9.81. The zero-order chi connectivity index (χ0) is 22.3. The van der Waals surface area contributed by atoms with Crippen molar-refractivity contribution in [2.45, 2.75) is 52.1 Å². The topological polar surface area (TPSA) is 55.2 Å². The molecule has 1 aliphatic carbocycles. The third-order valence-corrected chi connectivity index (χ3v) is 6.67. The van der Waals surface area contributed by atoms with Crippen LogP contribution in [0.25, 0.3) is 0 Å². The largest absolute Gasteiger partial charge is 0.330 e. The molecule has 1 aromatic heterocycles. The third-order valence-electron chi connectivity index (χ3n) is 6.67. The number of hydrogen-bond donors (Lipinski definition) is 0. The Morgan fingerprint density at radius 1 is 1.03 bits per heavy atom. The highest BCUT2D eigenvalue weighted by Crippen LogP contribution is 2.41. The second kappa shape index (κ2) is 8.05. The van der Waals surface area contributed by atoms with Crippen molar-refractivity contribution < 1.29 is 9.59 Å². The number of ketones is 1. The molecular weight excluding hydrogens is 398 g/mol. The van der Waals surface area contributed by atoms with Crippen LogP contribution in [-0.4, -0.2) is 32.9 Å². The van der Waals surface area contributed by atoms with Crippen molar-refractivity contribution in [3.63, 3.8) is 0 Å². The fraction of sp³-hybridized carbons (Fsp3) is 0.370. The van der Waals surface area contributed by atoms with Gasteiger partial charge in [0.05, 0.1) is 29.5 Å². The normalized spacial score (nSPS) is 19.8. The Hall–Kier alpha value is -3.21. The first-order valence-corrected chi connectivity index (χ1v) is 11.5. The van der Waals surface area contributed by atoms with Crippen molar-refractivity contribution in [1.29, 1.82) is 0 Å². The summed E-state index contributed by atoms with van der Waals surface area (Å²) in [7, 11) is 0. The lowest BCUT2D eigenvalue weighted by Crippen LogP contribution is -2.32. The van der Waals surface area contributed by atoms with Gasteiger partial charge in [-0.1, -0.05) is 62.4 Å². The number of likely N-dealkylation sites (tertiary alicyclic amines) is 1. The quantitative estimate of drug-likeness (QED) is 0.585. The van der Waals surface area contributed by atoms with E-state index in [2.05, 4.69) is 26.0 Å². The number of rotatable bonds is 4. The molecule has 5 heteroatoms. The number of hydrogen-bond acceptors (Lipinski definition) is 3. The van der Waals surface area contributed by atoms with Gasteiger partial charge in [-0.2, -0.15) is 5.10 Å². The Morgan fingerprint density at radius 3 is 2.44 bits per heavy atom. The maximum Gasteiger partial charge on any atom is 0.254 e. The van der Waals surface area contributed by atoms with E-state index in [0.717, 1.165) is 41.8 Å². The van der Waals surface area contributed by atoms with E-state index in [1.807, 2.05) is 58.1 Å². The standard InChI is InChI=1S/C27H29N3O2/c1-27(2)16-22-24(23(31)17-27)25(28-30(22)18-19-10-5-3-6-11-19)21-14-9-15-29(21)26(32)20-12-7-4-8-13-20/h3-8,10-13,21H,9,14-18H2,1-2H3/t21-/m1/s1. The molecule has 0 N–H and O–H groups in total. The molecule has 1 amide bonds. The number of benzene rings is 2. The lowest BCUT2D eigenvalue weighted by Gasteiger charge is -2.30. The average Bonchev–Trinajstić information content (AvgIpc) is 3.39. The number of nitrogens with zero attached hydrogens (tertiary/aromatic N) is 3. The van der Waals surface area contributed by atoms with Crippen molar-refractivity contribution in [1.82, 2.24) is 14.7 Å². The smallest absolute Gasteiger partial charge is 0.254 e. The summed E-state index contributed by atoms with van der Waals surface area (Å²) in [6, 6.07) is 19.5. The van der Waals surface area contributed by atoms with Crippen molar-refractivity contribution in [3.8, 4) is 0 Å². The summed E-state index contributed by atoms with van der Waals surface area (Å²) < 4.78 is 2.02. The van der Waals surface area contributed by atoms with Crippen molar-refractivity contribution in [3.05, 3.63) is 88.7 Å². The Balaban J connectivity index is 1.56. The third kappa shape index (κ3) is 3.77. The lowest BCUT2D eigenvalue weighted by molar-refractivity contribution is 0.0728. The van der Waals surface area contributed by atoms with Gasteiger partial charge >= 0.3 is 0 Å². The highest BCUT2D eigenvalue weighted by atomic mass is 16.2. The Labute approximate surface area is 189 Å². The molecule has 0 saturated carbocycles.